The molecule has 0 aromatic rings. The predicted octanol–water partition coefficient (Wildman–Crippen LogP) is 0.271. The maximum atomic E-state index is 11.0. The number of thioether (sulfide) groups is 1. The van der Waals surface area contributed by atoms with Crippen LogP contribution in [0, 0.1) is 0 Å². The van der Waals surface area contributed by atoms with Crippen molar-refractivity contribution in [2.24, 2.45) is 0 Å². The first-order chi connectivity index (χ1) is 6.83. The van der Waals surface area contributed by atoms with Crippen molar-refractivity contribution in [2.75, 3.05) is 37.8 Å². The van der Waals surface area contributed by atoms with Crippen molar-refractivity contribution in [2.45, 2.75) is 13.0 Å². The third-order valence-corrected chi connectivity index (χ3v) is 2.88. The van der Waals surface area contributed by atoms with Gasteiger partial charge in [0.15, 0.2) is 0 Å². The summed E-state index contributed by atoms with van der Waals surface area (Å²) in [4.78, 5) is 11.0. The summed E-state index contributed by atoms with van der Waals surface area (Å²) in [5, 5.41) is 3.24. The van der Waals surface area contributed by atoms with Crippen LogP contribution in [0.4, 0.5) is 0 Å². The molecule has 4 nitrogen and oxygen atoms in total. The average Bonchev–Trinajstić information content (AvgIpc) is 2.20. The van der Waals surface area contributed by atoms with Crippen LogP contribution in [0.1, 0.15) is 6.92 Å². The first-order valence-corrected chi connectivity index (χ1v) is 6.04. The number of ether oxygens (including phenoxy) is 2. The maximum absolute atomic E-state index is 11.0. The Bertz CT molecular complexity index is 171. The van der Waals surface area contributed by atoms with Crippen molar-refractivity contribution in [1.29, 1.82) is 0 Å². The standard InChI is InChI=1S/C9H17NO3S/c1-2-12-9(11)7-14-6-8-5-10-3-4-13-8/h8,10H,2-7H2,1H3. The van der Waals surface area contributed by atoms with Crippen LogP contribution < -0.4 is 5.32 Å². The highest BCUT2D eigenvalue weighted by Gasteiger charge is 2.13. The Hall–Kier alpha value is -0.260. The number of carbonyl (C=O) groups excluding carboxylic acids is 1. The van der Waals surface area contributed by atoms with Crippen LogP contribution in [0.2, 0.25) is 0 Å². The van der Waals surface area contributed by atoms with Crippen LogP contribution in [0.15, 0.2) is 0 Å². The molecule has 1 rings (SSSR count). The molecule has 1 saturated heterocycles. The van der Waals surface area contributed by atoms with E-state index in [-0.39, 0.29) is 12.1 Å². The number of carbonyl (C=O) groups is 1. The monoisotopic (exact) mass is 219 g/mol. The van der Waals surface area contributed by atoms with Gasteiger partial charge in [0.1, 0.15) is 0 Å². The summed E-state index contributed by atoms with van der Waals surface area (Å²) in [6.45, 7) is 4.86. The van der Waals surface area contributed by atoms with E-state index in [4.69, 9.17) is 9.47 Å². The summed E-state index contributed by atoms with van der Waals surface area (Å²) in [6, 6.07) is 0. The summed E-state index contributed by atoms with van der Waals surface area (Å²) < 4.78 is 10.3. The zero-order valence-electron chi connectivity index (χ0n) is 8.45. The van der Waals surface area contributed by atoms with Crippen LogP contribution in [0.25, 0.3) is 0 Å². The minimum Gasteiger partial charge on any atom is -0.465 e. The lowest BCUT2D eigenvalue weighted by atomic mass is 10.3. The molecule has 0 aliphatic carbocycles. The molecule has 0 saturated carbocycles. The van der Waals surface area contributed by atoms with E-state index in [2.05, 4.69) is 5.32 Å². The first kappa shape index (κ1) is 11.8. The number of rotatable bonds is 5. The smallest absolute Gasteiger partial charge is 0.315 e. The van der Waals surface area contributed by atoms with Gasteiger partial charge in [0.2, 0.25) is 0 Å². The van der Waals surface area contributed by atoms with Gasteiger partial charge in [-0.3, -0.25) is 4.79 Å². The van der Waals surface area contributed by atoms with E-state index in [1.165, 1.54) is 0 Å². The molecule has 1 N–H and O–H groups in total. The van der Waals surface area contributed by atoms with Gasteiger partial charge in [0.25, 0.3) is 0 Å². The topological polar surface area (TPSA) is 47.6 Å². The van der Waals surface area contributed by atoms with E-state index in [0.29, 0.717) is 12.4 Å². The molecule has 1 atom stereocenters. The van der Waals surface area contributed by atoms with Crippen molar-refractivity contribution in [3.8, 4) is 0 Å². The second kappa shape index (κ2) is 7.09. The summed E-state index contributed by atoms with van der Waals surface area (Å²) in [5.41, 5.74) is 0. The van der Waals surface area contributed by atoms with E-state index in [1.54, 1.807) is 11.8 Å². The van der Waals surface area contributed by atoms with Crippen molar-refractivity contribution < 1.29 is 14.3 Å². The van der Waals surface area contributed by atoms with Crippen molar-refractivity contribution >= 4 is 17.7 Å². The Morgan fingerprint density at radius 2 is 2.57 bits per heavy atom. The normalized spacial score (nSPS) is 21.9. The fourth-order valence-electron chi connectivity index (χ4n) is 1.20. The zero-order chi connectivity index (χ0) is 10.2. The molecule has 1 heterocycles. The van der Waals surface area contributed by atoms with Crippen LogP contribution in [0.3, 0.4) is 0 Å². The summed E-state index contributed by atoms with van der Waals surface area (Å²) in [7, 11) is 0. The van der Waals surface area contributed by atoms with Crippen molar-refractivity contribution in [3.05, 3.63) is 0 Å². The van der Waals surface area contributed by atoms with Crippen LogP contribution in [-0.2, 0) is 14.3 Å². The minimum absolute atomic E-state index is 0.138. The number of hydrogen-bond donors (Lipinski definition) is 1. The number of esters is 1. The molecule has 0 aromatic heterocycles. The summed E-state index contributed by atoms with van der Waals surface area (Å²) in [5.74, 6) is 1.14. The highest BCUT2D eigenvalue weighted by atomic mass is 32.2. The lowest BCUT2D eigenvalue weighted by molar-refractivity contribution is -0.139. The van der Waals surface area contributed by atoms with E-state index >= 15 is 0 Å². The van der Waals surface area contributed by atoms with Crippen LogP contribution >= 0.6 is 11.8 Å². The zero-order valence-corrected chi connectivity index (χ0v) is 9.27. The Kier molecular flexibility index (Phi) is 5.98. The third kappa shape index (κ3) is 4.83. The molecule has 1 aliphatic heterocycles. The molecular weight excluding hydrogens is 202 g/mol. The maximum Gasteiger partial charge on any atom is 0.315 e. The third-order valence-electron chi connectivity index (χ3n) is 1.83. The summed E-state index contributed by atoms with van der Waals surface area (Å²) in [6.07, 6.45) is 0.239. The largest absolute Gasteiger partial charge is 0.465 e. The Morgan fingerprint density at radius 1 is 1.71 bits per heavy atom. The van der Waals surface area contributed by atoms with E-state index < -0.39 is 0 Å². The molecule has 0 aromatic carbocycles. The van der Waals surface area contributed by atoms with Gasteiger partial charge >= 0.3 is 5.97 Å². The van der Waals surface area contributed by atoms with E-state index in [1.807, 2.05) is 6.92 Å². The van der Waals surface area contributed by atoms with Gasteiger partial charge in [0.05, 0.1) is 25.1 Å². The molecule has 82 valence electrons. The molecule has 0 amide bonds. The van der Waals surface area contributed by atoms with Crippen molar-refractivity contribution in [3.63, 3.8) is 0 Å². The van der Waals surface area contributed by atoms with Gasteiger partial charge in [-0.05, 0) is 6.92 Å². The number of hydrogen-bond acceptors (Lipinski definition) is 5. The van der Waals surface area contributed by atoms with Gasteiger partial charge in [0, 0.05) is 18.8 Å². The van der Waals surface area contributed by atoms with Crippen molar-refractivity contribution in [1.82, 2.24) is 5.32 Å². The quantitative estimate of drug-likeness (QED) is 0.673. The second-order valence-corrected chi connectivity index (χ2v) is 4.05. The first-order valence-electron chi connectivity index (χ1n) is 4.88. The highest BCUT2D eigenvalue weighted by molar-refractivity contribution is 7.99. The highest BCUT2D eigenvalue weighted by Crippen LogP contribution is 2.07. The summed E-state index contributed by atoms with van der Waals surface area (Å²) >= 11 is 1.57. The van der Waals surface area contributed by atoms with Gasteiger partial charge in [-0.15, -0.1) is 11.8 Å². The fraction of sp³-hybridized carbons (Fsp3) is 0.889. The molecule has 5 heteroatoms. The molecule has 0 radical (unpaired) electrons. The predicted molar refractivity (Wildman–Crippen MR) is 56.6 cm³/mol. The lowest BCUT2D eigenvalue weighted by Gasteiger charge is -2.22. The Balaban J connectivity index is 1.99. The van der Waals surface area contributed by atoms with Crippen LogP contribution in [-0.4, -0.2) is 49.9 Å². The van der Waals surface area contributed by atoms with Gasteiger partial charge in [-0.25, -0.2) is 0 Å². The SMILES string of the molecule is CCOC(=O)CSCC1CNCCO1. The van der Waals surface area contributed by atoms with Gasteiger partial charge in [-0.1, -0.05) is 0 Å². The van der Waals surface area contributed by atoms with Crippen LogP contribution in [0.5, 0.6) is 0 Å². The number of nitrogens with one attached hydrogen (secondary N) is 1. The van der Waals surface area contributed by atoms with E-state index in [0.717, 1.165) is 25.4 Å². The molecular formula is C9H17NO3S. The number of morpholine rings is 1. The molecule has 0 spiro atoms. The Labute approximate surface area is 88.7 Å². The fourth-order valence-corrected chi connectivity index (χ4v) is 2.05. The van der Waals surface area contributed by atoms with Gasteiger partial charge in [-0.2, -0.15) is 0 Å². The van der Waals surface area contributed by atoms with E-state index in [9.17, 15) is 4.79 Å². The molecule has 0 bridgehead atoms. The second-order valence-electron chi connectivity index (χ2n) is 3.02. The molecule has 1 fully saturated rings. The van der Waals surface area contributed by atoms with Gasteiger partial charge < -0.3 is 14.8 Å². The average molecular weight is 219 g/mol. The Morgan fingerprint density at radius 3 is 3.21 bits per heavy atom. The minimum atomic E-state index is -0.138. The molecule has 14 heavy (non-hydrogen) atoms. The lowest BCUT2D eigenvalue weighted by Crippen LogP contribution is -2.39. The molecule has 1 aliphatic rings. The molecule has 1 unspecified atom stereocenters.